The summed E-state index contributed by atoms with van der Waals surface area (Å²) >= 11 is 0. The number of amides is 1. The van der Waals surface area contributed by atoms with Crippen molar-refractivity contribution < 1.29 is 19.2 Å². The Balaban J connectivity index is 1.91. The van der Waals surface area contributed by atoms with E-state index in [0.717, 1.165) is 0 Å². The molecule has 8 nitrogen and oxygen atoms in total. The van der Waals surface area contributed by atoms with Crippen LogP contribution in [-0.4, -0.2) is 22.6 Å². The number of hydrogen-bond donors (Lipinski definition) is 1. The van der Waals surface area contributed by atoms with Crippen LogP contribution in [-0.2, 0) is 4.74 Å². The van der Waals surface area contributed by atoms with Crippen molar-refractivity contribution in [3.63, 3.8) is 0 Å². The first kappa shape index (κ1) is 17.2. The molecule has 1 N–H and O–H groups in total. The molecule has 0 aliphatic carbocycles. The Morgan fingerprint density at radius 1 is 1.23 bits per heavy atom. The van der Waals surface area contributed by atoms with Gasteiger partial charge in [-0.3, -0.25) is 20.4 Å². The number of benzene rings is 2. The largest absolute Gasteiger partial charge is 0.457 e. The first-order valence-electron chi connectivity index (χ1n) is 7.81. The van der Waals surface area contributed by atoms with Gasteiger partial charge >= 0.3 is 6.09 Å². The zero-order valence-electron chi connectivity index (χ0n) is 13.8. The molecule has 1 aromatic heterocycles. The van der Waals surface area contributed by atoms with Crippen LogP contribution in [0.5, 0.6) is 11.5 Å². The van der Waals surface area contributed by atoms with Crippen molar-refractivity contribution in [1.29, 1.82) is 0 Å². The molecule has 8 heteroatoms. The van der Waals surface area contributed by atoms with Crippen LogP contribution in [0.3, 0.4) is 0 Å². The summed E-state index contributed by atoms with van der Waals surface area (Å²) in [7, 11) is 0. The topological polar surface area (TPSA) is 104 Å². The molecule has 0 fully saturated rings. The minimum absolute atomic E-state index is 0.0434. The van der Waals surface area contributed by atoms with Crippen molar-refractivity contribution in [3.8, 4) is 11.5 Å². The number of nitrogens with one attached hydrogen (secondary N) is 1. The molecule has 0 aliphatic rings. The lowest BCUT2D eigenvalue weighted by Gasteiger charge is -2.11. The molecule has 0 atom stereocenters. The van der Waals surface area contributed by atoms with Crippen LogP contribution >= 0.6 is 0 Å². The van der Waals surface area contributed by atoms with Gasteiger partial charge in [-0.2, -0.15) is 0 Å². The molecule has 0 spiro atoms. The summed E-state index contributed by atoms with van der Waals surface area (Å²) in [6.45, 7) is 1.98. The number of carbonyl (C=O) groups is 1. The van der Waals surface area contributed by atoms with Crippen LogP contribution in [0.15, 0.2) is 54.9 Å². The zero-order chi connectivity index (χ0) is 18.5. The Bertz CT molecular complexity index is 974. The van der Waals surface area contributed by atoms with Crippen LogP contribution in [0.2, 0.25) is 0 Å². The third-order valence-electron chi connectivity index (χ3n) is 3.54. The van der Waals surface area contributed by atoms with Crippen molar-refractivity contribution in [2.24, 2.45) is 0 Å². The third kappa shape index (κ3) is 3.69. The average Bonchev–Trinajstić information content (AvgIpc) is 2.62. The first-order valence-corrected chi connectivity index (χ1v) is 7.81. The van der Waals surface area contributed by atoms with Gasteiger partial charge in [0, 0.05) is 35.6 Å². The van der Waals surface area contributed by atoms with Crippen LogP contribution < -0.4 is 10.1 Å². The fourth-order valence-electron chi connectivity index (χ4n) is 2.45. The lowest BCUT2D eigenvalue weighted by molar-refractivity contribution is -0.383. The van der Waals surface area contributed by atoms with Crippen LogP contribution in [0.4, 0.5) is 16.2 Å². The number of hydrogen-bond acceptors (Lipinski definition) is 6. The standard InChI is InChI=1S/C18H15N3O5/c1-2-25-18(22)20-12-4-3-5-13(10-12)26-17-7-6-16(21(23)24)15-11-19-9-8-14(15)17/h3-11H,2H2,1H3,(H,20,22). The Labute approximate surface area is 148 Å². The van der Waals surface area contributed by atoms with E-state index in [1.807, 2.05) is 0 Å². The van der Waals surface area contributed by atoms with Gasteiger partial charge in [-0.15, -0.1) is 0 Å². The summed E-state index contributed by atoms with van der Waals surface area (Å²) in [6.07, 6.45) is 2.41. The van der Waals surface area contributed by atoms with Gasteiger partial charge in [0.25, 0.3) is 5.69 Å². The van der Waals surface area contributed by atoms with Crippen LogP contribution in [0.25, 0.3) is 10.8 Å². The highest BCUT2D eigenvalue weighted by Gasteiger charge is 2.15. The van der Waals surface area contributed by atoms with E-state index in [1.54, 1.807) is 37.3 Å². The Hall–Kier alpha value is -3.68. The van der Waals surface area contributed by atoms with Gasteiger partial charge in [0.2, 0.25) is 0 Å². The molecule has 132 valence electrons. The fourth-order valence-corrected chi connectivity index (χ4v) is 2.45. The molecular weight excluding hydrogens is 338 g/mol. The number of rotatable bonds is 5. The van der Waals surface area contributed by atoms with E-state index in [2.05, 4.69) is 10.3 Å². The molecule has 0 aliphatic heterocycles. The Morgan fingerprint density at radius 3 is 2.85 bits per heavy atom. The average molecular weight is 353 g/mol. The molecule has 0 saturated heterocycles. The van der Waals surface area contributed by atoms with Crippen molar-refractivity contribution in [3.05, 3.63) is 65.0 Å². The highest BCUT2D eigenvalue weighted by atomic mass is 16.6. The fraction of sp³-hybridized carbons (Fsp3) is 0.111. The maximum Gasteiger partial charge on any atom is 0.411 e. The van der Waals surface area contributed by atoms with E-state index in [-0.39, 0.29) is 12.3 Å². The second-order valence-electron chi connectivity index (χ2n) is 5.24. The number of nitro benzene ring substituents is 1. The maximum absolute atomic E-state index is 11.5. The molecule has 26 heavy (non-hydrogen) atoms. The first-order chi connectivity index (χ1) is 12.6. The summed E-state index contributed by atoms with van der Waals surface area (Å²) < 4.78 is 10.7. The van der Waals surface area contributed by atoms with Gasteiger partial charge < -0.3 is 9.47 Å². The van der Waals surface area contributed by atoms with Gasteiger partial charge in [-0.25, -0.2) is 4.79 Å². The van der Waals surface area contributed by atoms with E-state index in [9.17, 15) is 14.9 Å². The molecule has 1 heterocycles. The molecule has 0 radical (unpaired) electrons. The maximum atomic E-state index is 11.5. The minimum Gasteiger partial charge on any atom is -0.457 e. The summed E-state index contributed by atoms with van der Waals surface area (Å²) in [5.41, 5.74) is 0.465. The normalized spacial score (nSPS) is 10.3. The SMILES string of the molecule is CCOC(=O)Nc1cccc(Oc2ccc([N+](=O)[O-])c3cnccc23)c1. The molecule has 0 saturated carbocycles. The van der Waals surface area contributed by atoms with E-state index in [0.29, 0.717) is 28.0 Å². The molecule has 3 rings (SSSR count). The van der Waals surface area contributed by atoms with Gasteiger partial charge in [-0.05, 0) is 31.2 Å². The van der Waals surface area contributed by atoms with Gasteiger partial charge in [0.15, 0.2) is 0 Å². The van der Waals surface area contributed by atoms with E-state index in [1.165, 1.54) is 24.5 Å². The second-order valence-corrected chi connectivity index (χ2v) is 5.24. The predicted octanol–water partition coefficient (Wildman–Crippen LogP) is 4.50. The Kier molecular flexibility index (Phi) is 4.93. The van der Waals surface area contributed by atoms with Crippen molar-refractivity contribution in [2.75, 3.05) is 11.9 Å². The molecule has 0 unspecified atom stereocenters. The highest BCUT2D eigenvalue weighted by Crippen LogP contribution is 2.35. The molecular formula is C18H15N3O5. The van der Waals surface area contributed by atoms with Gasteiger partial charge in [-0.1, -0.05) is 6.07 Å². The monoisotopic (exact) mass is 353 g/mol. The summed E-state index contributed by atoms with van der Waals surface area (Å²) in [5.74, 6) is 0.910. The molecule has 2 aromatic carbocycles. The molecule has 0 bridgehead atoms. The number of fused-ring (bicyclic) bond motifs is 1. The number of pyridine rings is 1. The highest BCUT2D eigenvalue weighted by molar-refractivity contribution is 5.94. The Morgan fingerprint density at radius 2 is 2.08 bits per heavy atom. The van der Waals surface area contributed by atoms with Gasteiger partial charge in [0.1, 0.15) is 11.5 Å². The van der Waals surface area contributed by atoms with E-state index < -0.39 is 11.0 Å². The second kappa shape index (κ2) is 7.47. The van der Waals surface area contributed by atoms with Crippen LogP contribution in [0, 0.1) is 10.1 Å². The number of non-ortho nitro benzene ring substituents is 1. The summed E-state index contributed by atoms with van der Waals surface area (Å²) in [6, 6.07) is 11.3. The van der Waals surface area contributed by atoms with Gasteiger partial charge in [0.05, 0.1) is 16.9 Å². The molecule has 1 amide bonds. The van der Waals surface area contributed by atoms with Crippen molar-refractivity contribution >= 4 is 28.2 Å². The van der Waals surface area contributed by atoms with Crippen molar-refractivity contribution in [2.45, 2.75) is 6.92 Å². The summed E-state index contributed by atoms with van der Waals surface area (Å²) in [5, 5.41) is 14.7. The molecule has 3 aromatic rings. The number of aromatic nitrogens is 1. The number of anilines is 1. The number of ether oxygens (including phenoxy) is 2. The quantitative estimate of drug-likeness (QED) is 0.535. The number of carbonyl (C=O) groups excluding carboxylic acids is 1. The lowest BCUT2D eigenvalue weighted by atomic mass is 10.1. The van der Waals surface area contributed by atoms with Crippen molar-refractivity contribution in [1.82, 2.24) is 4.98 Å². The summed E-state index contributed by atoms with van der Waals surface area (Å²) in [4.78, 5) is 26.2. The number of nitrogens with zero attached hydrogens (tertiary/aromatic N) is 2. The lowest BCUT2D eigenvalue weighted by Crippen LogP contribution is -2.13. The van der Waals surface area contributed by atoms with E-state index in [4.69, 9.17) is 9.47 Å². The van der Waals surface area contributed by atoms with E-state index >= 15 is 0 Å². The minimum atomic E-state index is -0.559. The predicted molar refractivity (Wildman–Crippen MR) is 95.6 cm³/mol. The van der Waals surface area contributed by atoms with Crippen LogP contribution in [0.1, 0.15) is 6.92 Å². The number of nitro groups is 1. The zero-order valence-corrected chi connectivity index (χ0v) is 13.8. The smallest absolute Gasteiger partial charge is 0.411 e. The third-order valence-corrected chi connectivity index (χ3v) is 3.54.